The molecule has 0 fully saturated rings. The van der Waals surface area contributed by atoms with Gasteiger partial charge in [0.1, 0.15) is 5.75 Å². The Kier molecular flexibility index (Phi) is 2.68. The molecule has 0 aliphatic heterocycles. The molecule has 5 N–H and O–H groups in total. The molecule has 1 aromatic heterocycles. The molecule has 0 amide bonds. The third-order valence-electron chi connectivity index (χ3n) is 2.35. The summed E-state index contributed by atoms with van der Waals surface area (Å²) < 4.78 is 5.15. The average molecular weight is 218 g/mol. The summed E-state index contributed by atoms with van der Waals surface area (Å²) in [5, 5.41) is 10.9. The third kappa shape index (κ3) is 2.08. The lowest BCUT2D eigenvalue weighted by Crippen LogP contribution is -2.29. The molecular weight excluding hydrogens is 204 g/mol. The minimum Gasteiger partial charge on any atom is -0.497 e. The predicted molar refractivity (Wildman–Crippen MR) is 63.6 cm³/mol. The van der Waals surface area contributed by atoms with Crippen molar-refractivity contribution in [3.63, 3.8) is 0 Å². The van der Waals surface area contributed by atoms with Gasteiger partial charge in [-0.25, -0.2) is 0 Å². The highest BCUT2D eigenvalue weighted by atomic mass is 16.5. The second kappa shape index (κ2) is 4.14. The van der Waals surface area contributed by atoms with Crippen LogP contribution in [0.2, 0.25) is 0 Å². The number of benzene rings is 1. The van der Waals surface area contributed by atoms with Crippen LogP contribution < -0.4 is 15.8 Å². The number of hydrogen-bond acceptors (Lipinski definition) is 2. The van der Waals surface area contributed by atoms with Gasteiger partial charge in [0.25, 0.3) is 0 Å². The summed E-state index contributed by atoms with van der Waals surface area (Å²) in [7, 11) is 1.64. The lowest BCUT2D eigenvalue weighted by molar-refractivity contribution is 0.415. The molecule has 0 bridgehead atoms. The normalized spacial score (nSPS) is 10.3. The number of aromatic nitrogens is 1. The van der Waals surface area contributed by atoms with Crippen molar-refractivity contribution in [2.24, 2.45) is 5.73 Å². The van der Waals surface area contributed by atoms with Crippen molar-refractivity contribution >= 4 is 16.9 Å². The van der Waals surface area contributed by atoms with Crippen molar-refractivity contribution in [2.75, 3.05) is 7.11 Å². The van der Waals surface area contributed by atoms with Crippen molar-refractivity contribution < 1.29 is 4.74 Å². The Balaban J connectivity index is 2.25. The highest BCUT2D eigenvalue weighted by Crippen LogP contribution is 2.21. The SMILES string of the molecule is COc1ccc2[nH]c(CNC(=N)N)cc2c1. The molecule has 1 aromatic carbocycles. The average Bonchev–Trinajstić information content (AvgIpc) is 2.67. The molecular formula is C11H14N4O. The maximum atomic E-state index is 7.07. The van der Waals surface area contributed by atoms with Crippen molar-refractivity contribution in [2.45, 2.75) is 6.54 Å². The minimum atomic E-state index is -0.0313. The van der Waals surface area contributed by atoms with E-state index in [1.54, 1.807) is 7.11 Å². The molecule has 84 valence electrons. The fraction of sp³-hybridized carbons (Fsp3) is 0.182. The summed E-state index contributed by atoms with van der Waals surface area (Å²) in [6, 6.07) is 7.84. The zero-order valence-corrected chi connectivity index (χ0v) is 9.00. The monoisotopic (exact) mass is 218 g/mol. The van der Waals surface area contributed by atoms with E-state index in [0.717, 1.165) is 22.3 Å². The maximum absolute atomic E-state index is 7.07. The summed E-state index contributed by atoms with van der Waals surface area (Å²) in [5.41, 5.74) is 7.25. The van der Waals surface area contributed by atoms with E-state index in [0.29, 0.717) is 6.54 Å². The summed E-state index contributed by atoms with van der Waals surface area (Å²) in [4.78, 5) is 3.23. The van der Waals surface area contributed by atoms with Gasteiger partial charge in [-0.05, 0) is 24.3 Å². The second-order valence-corrected chi connectivity index (χ2v) is 3.51. The van der Waals surface area contributed by atoms with Crippen LogP contribution in [0, 0.1) is 5.41 Å². The fourth-order valence-corrected chi connectivity index (χ4v) is 1.58. The minimum absolute atomic E-state index is 0.0313. The van der Waals surface area contributed by atoms with Crippen LogP contribution in [-0.4, -0.2) is 18.1 Å². The molecule has 16 heavy (non-hydrogen) atoms. The Labute approximate surface area is 93.1 Å². The Bertz CT molecular complexity index is 518. The number of fused-ring (bicyclic) bond motifs is 1. The Hall–Kier alpha value is -2.17. The van der Waals surface area contributed by atoms with Gasteiger partial charge in [0.2, 0.25) is 0 Å². The summed E-state index contributed by atoms with van der Waals surface area (Å²) >= 11 is 0. The van der Waals surface area contributed by atoms with Crippen molar-refractivity contribution in [3.05, 3.63) is 30.0 Å². The Morgan fingerprint density at radius 1 is 1.50 bits per heavy atom. The van der Waals surface area contributed by atoms with Gasteiger partial charge in [0.05, 0.1) is 13.7 Å². The molecule has 0 saturated carbocycles. The van der Waals surface area contributed by atoms with Crippen LogP contribution in [-0.2, 0) is 6.54 Å². The lowest BCUT2D eigenvalue weighted by Gasteiger charge is -1.99. The number of rotatable bonds is 3. The van der Waals surface area contributed by atoms with Crippen molar-refractivity contribution in [3.8, 4) is 5.75 Å². The number of guanidine groups is 1. The van der Waals surface area contributed by atoms with Crippen molar-refractivity contribution in [1.82, 2.24) is 10.3 Å². The highest BCUT2D eigenvalue weighted by Gasteiger charge is 2.02. The van der Waals surface area contributed by atoms with Gasteiger partial charge in [0.15, 0.2) is 5.96 Å². The van der Waals surface area contributed by atoms with Gasteiger partial charge in [-0.2, -0.15) is 0 Å². The smallest absolute Gasteiger partial charge is 0.186 e. The van der Waals surface area contributed by atoms with Crippen LogP contribution in [0.1, 0.15) is 5.69 Å². The first-order valence-electron chi connectivity index (χ1n) is 4.92. The number of aromatic amines is 1. The molecule has 0 aliphatic carbocycles. The predicted octanol–water partition coefficient (Wildman–Crippen LogP) is 1.16. The zero-order chi connectivity index (χ0) is 11.5. The zero-order valence-electron chi connectivity index (χ0n) is 9.00. The van der Waals surface area contributed by atoms with Gasteiger partial charge in [-0.3, -0.25) is 5.41 Å². The quantitative estimate of drug-likeness (QED) is 0.460. The van der Waals surface area contributed by atoms with Gasteiger partial charge < -0.3 is 20.8 Å². The topological polar surface area (TPSA) is 86.9 Å². The van der Waals surface area contributed by atoms with E-state index in [1.165, 1.54) is 0 Å². The maximum Gasteiger partial charge on any atom is 0.186 e. The number of hydrogen-bond donors (Lipinski definition) is 4. The van der Waals surface area contributed by atoms with Gasteiger partial charge in [-0.1, -0.05) is 0 Å². The molecule has 2 rings (SSSR count). The summed E-state index contributed by atoms with van der Waals surface area (Å²) in [6.07, 6.45) is 0. The standard InChI is InChI=1S/C11H14N4O/c1-16-9-2-3-10-7(5-9)4-8(15-10)6-14-11(12)13/h2-5,15H,6H2,1H3,(H4,12,13,14). The molecule has 0 unspecified atom stereocenters. The van der Waals surface area contributed by atoms with E-state index in [1.807, 2.05) is 24.3 Å². The molecule has 0 radical (unpaired) electrons. The molecule has 0 atom stereocenters. The number of nitrogens with one attached hydrogen (secondary N) is 3. The highest BCUT2D eigenvalue weighted by molar-refractivity contribution is 5.82. The number of H-pyrrole nitrogens is 1. The molecule has 5 nitrogen and oxygen atoms in total. The lowest BCUT2D eigenvalue weighted by atomic mass is 10.2. The van der Waals surface area contributed by atoms with Crippen LogP contribution in [0.25, 0.3) is 10.9 Å². The summed E-state index contributed by atoms with van der Waals surface area (Å²) in [6.45, 7) is 0.520. The van der Waals surface area contributed by atoms with Crippen LogP contribution in [0.4, 0.5) is 0 Å². The first-order chi connectivity index (χ1) is 7.69. The molecule has 1 heterocycles. The third-order valence-corrected chi connectivity index (χ3v) is 2.35. The van der Waals surface area contributed by atoms with E-state index in [-0.39, 0.29) is 5.96 Å². The van der Waals surface area contributed by atoms with Crippen LogP contribution in [0.15, 0.2) is 24.3 Å². The Morgan fingerprint density at radius 2 is 2.31 bits per heavy atom. The van der Waals surface area contributed by atoms with E-state index >= 15 is 0 Å². The number of nitrogens with two attached hydrogens (primary N) is 1. The number of ether oxygens (including phenoxy) is 1. The molecule has 5 heteroatoms. The van der Waals surface area contributed by atoms with Crippen molar-refractivity contribution in [1.29, 1.82) is 5.41 Å². The van der Waals surface area contributed by atoms with Crippen LogP contribution >= 0.6 is 0 Å². The first kappa shape index (κ1) is 10.4. The van der Waals surface area contributed by atoms with E-state index in [2.05, 4.69) is 10.3 Å². The van der Waals surface area contributed by atoms with Gasteiger partial charge >= 0.3 is 0 Å². The number of methoxy groups -OCH3 is 1. The van der Waals surface area contributed by atoms with Gasteiger partial charge in [-0.15, -0.1) is 0 Å². The fourth-order valence-electron chi connectivity index (χ4n) is 1.58. The van der Waals surface area contributed by atoms with Gasteiger partial charge in [0, 0.05) is 16.6 Å². The summed E-state index contributed by atoms with van der Waals surface area (Å²) in [5.74, 6) is 0.800. The van der Waals surface area contributed by atoms with E-state index in [4.69, 9.17) is 15.9 Å². The first-order valence-corrected chi connectivity index (χ1v) is 4.92. The molecule has 2 aromatic rings. The van der Waals surface area contributed by atoms with E-state index < -0.39 is 0 Å². The van der Waals surface area contributed by atoms with E-state index in [9.17, 15) is 0 Å². The molecule has 0 spiro atoms. The van der Waals surface area contributed by atoms with Crippen LogP contribution in [0.5, 0.6) is 5.75 Å². The second-order valence-electron chi connectivity index (χ2n) is 3.51. The Morgan fingerprint density at radius 3 is 3.00 bits per heavy atom. The molecule has 0 saturated heterocycles. The molecule has 0 aliphatic rings. The van der Waals surface area contributed by atoms with Crippen LogP contribution in [0.3, 0.4) is 0 Å². The largest absolute Gasteiger partial charge is 0.497 e.